The van der Waals surface area contributed by atoms with Crippen molar-refractivity contribution in [3.05, 3.63) is 60.8 Å². The van der Waals surface area contributed by atoms with Crippen molar-refractivity contribution in [2.45, 2.75) is 264 Å². The van der Waals surface area contributed by atoms with E-state index in [9.17, 15) is 19.8 Å². The molecule has 0 aromatic carbocycles. The molecule has 6 nitrogen and oxygen atoms in total. The van der Waals surface area contributed by atoms with E-state index in [0.29, 0.717) is 19.3 Å². The molecule has 0 bridgehead atoms. The van der Waals surface area contributed by atoms with Crippen LogP contribution < -0.4 is 5.32 Å². The van der Waals surface area contributed by atoms with Crippen LogP contribution in [-0.2, 0) is 14.3 Å². The molecule has 0 saturated carbocycles. The normalized spacial score (nSPS) is 13.8. The smallest absolute Gasteiger partial charge is 0.306 e. The van der Waals surface area contributed by atoms with E-state index in [2.05, 4.69) is 62.5 Å². The Kier molecular flexibility index (Phi) is 45.7. The van der Waals surface area contributed by atoms with E-state index < -0.39 is 18.2 Å². The molecule has 3 N–H and O–H groups in total. The van der Waals surface area contributed by atoms with Gasteiger partial charge < -0.3 is 20.3 Å². The molecule has 0 rings (SSSR count). The zero-order valence-corrected chi connectivity index (χ0v) is 39.6. The molecule has 60 heavy (non-hydrogen) atoms. The number of carbonyl (C=O) groups excluding carboxylic acids is 2. The lowest BCUT2D eigenvalue weighted by molar-refractivity contribution is -0.151. The fourth-order valence-electron chi connectivity index (χ4n) is 7.55. The van der Waals surface area contributed by atoms with Gasteiger partial charge in [-0.15, -0.1) is 0 Å². The number of unbranched alkanes of at least 4 members (excludes halogenated alkanes) is 26. The number of amides is 1. The SMILES string of the molecule is CC/C=C/C=C/C=C\C=C/CCCCCC(=O)OC(CCCCCCC/C=C\CCCCCC)CC(=O)NC(CO)C(O)CCCCCCCCCCCCCCCCC. The molecular weight excluding hydrogens is 743 g/mol. The molecule has 3 unspecified atom stereocenters. The summed E-state index contributed by atoms with van der Waals surface area (Å²) >= 11 is 0. The zero-order valence-electron chi connectivity index (χ0n) is 39.6. The zero-order chi connectivity index (χ0) is 43.8. The summed E-state index contributed by atoms with van der Waals surface area (Å²) in [6.45, 7) is 6.32. The molecule has 6 heteroatoms. The van der Waals surface area contributed by atoms with Crippen molar-refractivity contribution in [1.29, 1.82) is 0 Å². The third-order valence-electron chi connectivity index (χ3n) is 11.4. The molecule has 0 radical (unpaired) electrons. The molecule has 1 amide bonds. The maximum atomic E-state index is 13.2. The van der Waals surface area contributed by atoms with Crippen molar-refractivity contribution in [1.82, 2.24) is 5.32 Å². The Labute approximate surface area is 371 Å². The Bertz CT molecular complexity index is 1080. The number of ether oxygens (including phenoxy) is 1. The lowest BCUT2D eigenvalue weighted by Gasteiger charge is -2.24. The Morgan fingerprint density at radius 1 is 0.500 bits per heavy atom. The van der Waals surface area contributed by atoms with Gasteiger partial charge in [0.05, 0.1) is 25.2 Å². The lowest BCUT2D eigenvalue weighted by Crippen LogP contribution is -2.46. The first-order valence-corrected chi connectivity index (χ1v) is 25.6. The first-order chi connectivity index (χ1) is 29.5. The van der Waals surface area contributed by atoms with E-state index in [1.165, 1.54) is 122 Å². The number of hydrogen-bond acceptors (Lipinski definition) is 5. The van der Waals surface area contributed by atoms with Gasteiger partial charge in [0.15, 0.2) is 0 Å². The van der Waals surface area contributed by atoms with Crippen molar-refractivity contribution < 1.29 is 24.5 Å². The molecular formula is C54H97NO5. The summed E-state index contributed by atoms with van der Waals surface area (Å²) in [5.41, 5.74) is 0. The maximum Gasteiger partial charge on any atom is 0.306 e. The highest BCUT2D eigenvalue weighted by molar-refractivity contribution is 5.77. The van der Waals surface area contributed by atoms with E-state index in [0.717, 1.165) is 77.0 Å². The van der Waals surface area contributed by atoms with Crippen molar-refractivity contribution in [3.63, 3.8) is 0 Å². The Balaban J connectivity index is 4.61. The Hall–Kier alpha value is -2.44. The first kappa shape index (κ1) is 57.6. The van der Waals surface area contributed by atoms with Crippen molar-refractivity contribution >= 4 is 11.9 Å². The fourth-order valence-corrected chi connectivity index (χ4v) is 7.55. The second-order valence-electron chi connectivity index (χ2n) is 17.3. The second kappa shape index (κ2) is 47.6. The second-order valence-corrected chi connectivity index (χ2v) is 17.3. The predicted octanol–water partition coefficient (Wildman–Crippen LogP) is 15.2. The quantitative estimate of drug-likeness (QED) is 0.0246. The number of allylic oxidation sites excluding steroid dienone is 10. The largest absolute Gasteiger partial charge is 0.462 e. The lowest BCUT2D eigenvalue weighted by atomic mass is 10.0. The molecule has 348 valence electrons. The van der Waals surface area contributed by atoms with Crippen LogP contribution in [0.1, 0.15) is 245 Å². The summed E-state index contributed by atoms with van der Waals surface area (Å²) in [7, 11) is 0. The minimum atomic E-state index is -0.798. The van der Waals surface area contributed by atoms with Crippen LogP contribution in [-0.4, -0.2) is 46.9 Å². The van der Waals surface area contributed by atoms with Gasteiger partial charge in [0.25, 0.3) is 0 Å². The summed E-state index contributed by atoms with van der Waals surface area (Å²) in [5.74, 6) is -0.527. The summed E-state index contributed by atoms with van der Waals surface area (Å²) in [6.07, 6.45) is 58.5. The van der Waals surface area contributed by atoms with Crippen molar-refractivity contribution in [2.24, 2.45) is 0 Å². The number of esters is 1. The van der Waals surface area contributed by atoms with Crippen LogP contribution in [0.25, 0.3) is 0 Å². The molecule has 0 spiro atoms. The van der Waals surface area contributed by atoms with E-state index in [4.69, 9.17) is 4.74 Å². The third-order valence-corrected chi connectivity index (χ3v) is 11.4. The van der Waals surface area contributed by atoms with Gasteiger partial charge in [0, 0.05) is 6.42 Å². The highest BCUT2D eigenvalue weighted by Gasteiger charge is 2.24. The van der Waals surface area contributed by atoms with E-state index >= 15 is 0 Å². The number of hydrogen-bond donors (Lipinski definition) is 3. The number of aliphatic hydroxyl groups excluding tert-OH is 2. The van der Waals surface area contributed by atoms with Gasteiger partial charge in [-0.3, -0.25) is 9.59 Å². The predicted molar refractivity (Wildman–Crippen MR) is 259 cm³/mol. The summed E-state index contributed by atoms with van der Waals surface area (Å²) in [5, 5.41) is 23.8. The van der Waals surface area contributed by atoms with Crippen molar-refractivity contribution in [3.8, 4) is 0 Å². The Morgan fingerprint density at radius 2 is 0.917 bits per heavy atom. The maximum absolute atomic E-state index is 13.2. The molecule has 0 saturated heterocycles. The first-order valence-electron chi connectivity index (χ1n) is 25.6. The number of aliphatic hydroxyl groups is 2. The standard InChI is InChI=1S/C54H97NO5/c1-4-7-10-13-16-19-22-25-26-29-31-34-37-40-43-46-52(57)51(49-56)55-53(58)48-50(45-42-39-36-33-30-27-23-20-17-14-11-8-5-2)60-54(59)47-44-41-38-35-32-28-24-21-18-15-12-9-6-3/h9,12,15,18,20-21,23-24,28,32,50-52,56-57H,4-8,10-11,13-14,16-17,19,22,25-27,29-31,33-49H2,1-3H3,(H,55,58)/b12-9+,18-15+,23-20-,24-21-,32-28-. The van der Waals surface area contributed by atoms with Crippen LogP contribution in [0.2, 0.25) is 0 Å². The minimum Gasteiger partial charge on any atom is -0.462 e. The Morgan fingerprint density at radius 3 is 1.43 bits per heavy atom. The van der Waals surface area contributed by atoms with Gasteiger partial charge in [-0.2, -0.15) is 0 Å². The number of carbonyl (C=O) groups is 2. The average molecular weight is 840 g/mol. The van der Waals surface area contributed by atoms with Gasteiger partial charge in [-0.25, -0.2) is 0 Å². The highest BCUT2D eigenvalue weighted by atomic mass is 16.5. The molecule has 0 heterocycles. The van der Waals surface area contributed by atoms with E-state index in [1.54, 1.807) is 0 Å². The van der Waals surface area contributed by atoms with Crippen LogP contribution >= 0.6 is 0 Å². The third kappa shape index (κ3) is 42.3. The van der Waals surface area contributed by atoms with Crippen LogP contribution in [0.4, 0.5) is 0 Å². The monoisotopic (exact) mass is 840 g/mol. The van der Waals surface area contributed by atoms with E-state index in [-0.39, 0.29) is 24.9 Å². The van der Waals surface area contributed by atoms with Gasteiger partial charge in [0.2, 0.25) is 5.91 Å². The van der Waals surface area contributed by atoms with Gasteiger partial charge in [-0.1, -0.05) is 223 Å². The van der Waals surface area contributed by atoms with Gasteiger partial charge in [0.1, 0.15) is 6.10 Å². The van der Waals surface area contributed by atoms with Gasteiger partial charge >= 0.3 is 5.97 Å². The molecule has 0 aliphatic carbocycles. The summed E-state index contributed by atoms with van der Waals surface area (Å²) in [6, 6.07) is -0.713. The molecule has 0 aromatic rings. The molecule has 0 aliphatic heterocycles. The van der Waals surface area contributed by atoms with E-state index in [1.807, 2.05) is 24.3 Å². The van der Waals surface area contributed by atoms with Crippen LogP contribution in [0.3, 0.4) is 0 Å². The highest BCUT2D eigenvalue weighted by Crippen LogP contribution is 2.18. The molecule has 3 atom stereocenters. The molecule has 0 aromatic heterocycles. The summed E-state index contributed by atoms with van der Waals surface area (Å²) < 4.78 is 5.90. The number of nitrogens with one attached hydrogen (secondary N) is 1. The molecule has 0 aliphatic rings. The summed E-state index contributed by atoms with van der Waals surface area (Å²) in [4.78, 5) is 26.1. The number of rotatable bonds is 45. The average Bonchev–Trinajstić information content (AvgIpc) is 3.24. The minimum absolute atomic E-state index is 0.0549. The van der Waals surface area contributed by atoms with Crippen LogP contribution in [0.15, 0.2) is 60.8 Å². The topological polar surface area (TPSA) is 95.9 Å². The van der Waals surface area contributed by atoms with Crippen LogP contribution in [0.5, 0.6) is 0 Å². The molecule has 0 fully saturated rings. The van der Waals surface area contributed by atoms with Gasteiger partial charge in [-0.05, 0) is 70.6 Å². The van der Waals surface area contributed by atoms with Crippen molar-refractivity contribution in [2.75, 3.05) is 6.61 Å². The fraction of sp³-hybridized carbons (Fsp3) is 0.778. The van der Waals surface area contributed by atoms with Crippen LogP contribution in [0, 0.1) is 0 Å².